The third-order valence-electron chi connectivity index (χ3n) is 3.50. The molecule has 0 saturated heterocycles. The van der Waals surface area contributed by atoms with Gasteiger partial charge in [-0.2, -0.15) is 0 Å². The smallest absolute Gasteiger partial charge is 0.333 e. The van der Waals surface area contributed by atoms with Crippen molar-refractivity contribution in [2.75, 3.05) is 13.2 Å². The van der Waals surface area contributed by atoms with Crippen LogP contribution in [0.25, 0.3) is 0 Å². The summed E-state index contributed by atoms with van der Waals surface area (Å²) in [6.45, 7) is 12.4. The fourth-order valence-electron chi connectivity index (χ4n) is 2.30. The van der Waals surface area contributed by atoms with Crippen LogP contribution in [0.4, 0.5) is 0 Å². The van der Waals surface area contributed by atoms with Crippen molar-refractivity contribution < 1.29 is 29.0 Å². The van der Waals surface area contributed by atoms with Gasteiger partial charge in [0.2, 0.25) is 0 Å². The predicted molar refractivity (Wildman–Crippen MR) is 85.6 cm³/mol. The van der Waals surface area contributed by atoms with Crippen LogP contribution in [0, 0.1) is 23.7 Å². The maximum atomic E-state index is 12.2. The van der Waals surface area contributed by atoms with Crippen LogP contribution in [0.15, 0.2) is 12.2 Å². The lowest BCUT2D eigenvalue weighted by molar-refractivity contribution is -0.162. The number of rotatable bonds is 10. The van der Waals surface area contributed by atoms with Crippen molar-refractivity contribution in [2.45, 2.75) is 41.0 Å². The molecule has 2 unspecified atom stereocenters. The standard InChI is InChI=1S/C17H28O6/c1-10(2)13(15(18)19)14(11(3)4)17(21)23-9-7-8-22-16(20)12(5)6/h10-11,13-14H,5,7-9H2,1-4,6H3,(H,18,19). The van der Waals surface area contributed by atoms with E-state index in [4.69, 9.17) is 9.47 Å². The van der Waals surface area contributed by atoms with E-state index < -0.39 is 29.7 Å². The molecule has 0 aromatic carbocycles. The Hall–Kier alpha value is -1.85. The van der Waals surface area contributed by atoms with Gasteiger partial charge in [-0.3, -0.25) is 9.59 Å². The molecule has 6 nitrogen and oxygen atoms in total. The van der Waals surface area contributed by atoms with Gasteiger partial charge in [0, 0.05) is 12.0 Å². The maximum absolute atomic E-state index is 12.2. The molecule has 0 heterocycles. The Balaban J connectivity index is 4.51. The summed E-state index contributed by atoms with van der Waals surface area (Å²) in [5.41, 5.74) is 0.308. The van der Waals surface area contributed by atoms with Crippen LogP contribution < -0.4 is 0 Å². The number of carboxylic acids is 1. The van der Waals surface area contributed by atoms with Gasteiger partial charge in [0.15, 0.2) is 0 Å². The van der Waals surface area contributed by atoms with Gasteiger partial charge in [0.05, 0.1) is 25.0 Å². The highest BCUT2D eigenvalue weighted by atomic mass is 16.5. The van der Waals surface area contributed by atoms with Gasteiger partial charge in [0.1, 0.15) is 0 Å². The first kappa shape index (κ1) is 21.1. The summed E-state index contributed by atoms with van der Waals surface area (Å²) in [5, 5.41) is 9.36. The van der Waals surface area contributed by atoms with Crippen LogP contribution in [0.2, 0.25) is 0 Å². The van der Waals surface area contributed by atoms with Crippen molar-refractivity contribution in [3.63, 3.8) is 0 Å². The number of ether oxygens (including phenoxy) is 2. The molecule has 2 atom stereocenters. The number of aliphatic carboxylic acids is 1. The summed E-state index contributed by atoms with van der Waals surface area (Å²) >= 11 is 0. The van der Waals surface area contributed by atoms with Gasteiger partial charge < -0.3 is 14.6 Å². The molecule has 6 heteroatoms. The molecule has 132 valence electrons. The van der Waals surface area contributed by atoms with Crippen LogP contribution in [0.3, 0.4) is 0 Å². The molecule has 0 radical (unpaired) electrons. The fraction of sp³-hybridized carbons (Fsp3) is 0.706. The summed E-state index contributed by atoms with van der Waals surface area (Å²) in [5.74, 6) is -3.81. The van der Waals surface area contributed by atoms with Crippen molar-refractivity contribution >= 4 is 17.9 Å². The Kier molecular flexibility index (Phi) is 9.22. The number of hydrogen-bond donors (Lipinski definition) is 1. The Morgan fingerprint density at radius 3 is 1.83 bits per heavy atom. The lowest BCUT2D eigenvalue weighted by Gasteiger charge is -2.28. The lowest BCUT2D eigenvalue weighted by Crippen LogP contribution is -2.38. The summed E-state index contributed by atoms with van der Waals surface area (Å²) in [7, 11) is 0. The van der Waals surface area contributed by atoms with E-state index in [0.29, 0.717) is 12.0 Å². The summed E-state index contributed by atoms with van der Waals surface area (Å²) in [6.07, 6.45) is 0.356. The topological polar surface area (TPSA) is 89.9 Å². The summed E-state index contributed by atoms with van der Waals surface area (Å²) in [6, 6.07) is 0. The van der Waals surface area contributed by atoms with Crippen molar-refractivity contribution in [3.8, 4) is 0 Å². The molecular formula is C17H28O6. The van der Waals surface area contributed by atoms with Gasteiger partial charge >= 0.3 is 17.9 Å². The van der Waals surface area contributed by atoms with E-state index in [1.165, 1.54) is 0 Å². The van der Waals surface area contributed by atoms with Crippen molar-refractivity contribution in [3.05, 3.63) is 12.2 Å². The summed E-state index contributed by atoms with van der Waals surface area (Å²) in [4.78, 5) is 34.8. The van der Waals surface area contributed by atoms with E-state index in [-0.39, 0.29) is 25.0 Å². The van der Waals surface area contributed by atoms with Crippen LogP contribution >= 0.6 is 0 Å². The largest absolute Gasteiger partial charge is 0.481 e. The quantitative estimate of drug-likeness (QED) is 0.377. The molecule has 0 spiro atoms. The monoisotopic (exact) mass is 328 g/mol. The van der Waals surface area contributed by atoms with E-state index in [0.717, 1.165) is 0 Å². The highest BCUT2D eigenvalue weighted by Crippen LogP contribution is 2.29. The second kappa shape index (κ2) is 10.0. The average molecular weight is 328 g/mol. The zero-order chi connectivity index (χ0) is 18.2. The number of carbonyl (C=O) groups is 3. The van der Waals surface area contributed by atoms with Crippen LogP contribution in [-0.2, 0) is 23.9 Å². The van der Waals surface area contributed by atoms with E-state index in [9.17, 15) is 19.5 Å². The normalized spacial score (nSPS) is 13.5. The van der Waals surface area contributed by atoms with E-state index in [1.807, 2.05) is 0 Å². The van der Waals surface area contributed by atoms with E-state index >= 15 is 0 Å². The molecule has 0 fully saturated rings. The molecule has 0 bridgehead atoms. The maximum Gasteiger partial charge on any atom is 0.333 e. The minimum atomic E-state index is -0.994. The molecule has 0 aliphatic carbocycles. The third-order valence-corrected chi connectivity index (χ3v) is 3.50. The number of carboxylic acid groups (broad SMARTS) is 1. The first-order valence-electron chi connectivity index (χ1n) is 7.81. The first-order valence-corrected chi connectivity index (χ1v) is 7.81. The molecule has 1 N–H and O–H groups in total. The molecule has 23 heavy (non-hydrogen) atoms. The molecule has 0 saturated carbocycles. The van der Waals surface area contributed by atoms with Crippen molar-refractivity contribution in [2.24, 2.45) is 23.7 Å². The Morgan fingerprint density at radius 1 is 0.957 bits per heavy atom. The lowest BCUT2D eigenvalue weighted by atomic mass is 9.77. The second-order valence-electron chi connectivity index (χ2n) is 6.32. The highest BCUT2D eigenvalue weighted by Gasteiger charge is 2.39. The molecule has 0 aliphatic heterocycles. The third kappa shape index (κ3) is 7.30. The molecule has 0 aromatic rings. The molecule has 0 amide bonds. The van der Waals surface area contributed by atoms with E-state index in [2.05, 4.69) is 6.58 Å². The zero-order valence-electron chi connectivity index (χ0n) is 14.6. The van der Waals surface area contributed by atoms with Gasteiger partial charge in [-0.15, -0.1) is 0 Å². The molecule has 0 rings (SSSR count). The fourth-order valence-corrected chi connectivity index (χ4v) is 2.30. The minimum Gasteiger partial charge on any atom is -0.481 e. The van der Waals surface area contributed by atoms with Crippen molar-refractivity contribution in [1.29, 1.82) is 0 Å². The number of esters is 2. The zero-order valence-corrected chi connectivity index (χ0v) is 14.6. The minimum absolute atomic E-state index is 0.0793. The Bertz CT molecular complexity index is 438. The average Bonchev–Trinajstić information content (AvgIpc) is 2.42. The van der Waals surface area contributed by atoms with Gasteiger partial charge in [-0.1, -0.05) is 34.3 Å². The van der Waals surface area contributed by atoms with Crippen LogP contribution in [-0.4, -0.2) is 36.2 Å². The van der Waals surface area contributed by atoms with Gasteiger partial charge in [0.25, 0.3) is 0 Å². The molecule has 0 aliphatic rings. The van der Waals surface area contributed by atoms with Crippen LogP contribution in [0.1, 0.15) is 41.0 Å². The predicted octanol–water partition coefficient (Wildman–Crippen LogP) is 2.67. The number of hydrogen-bond acceptors (Lipinski definition) is 5. The van der Waals surface area contributed by atoms with Gasteiger partial charge in [-0.05, 0) is 18.8 Å². The Morgan fingerprint density at radius 2 is 1.43 bits per heavy atom. The molecular weight excluding hydrogens is 300 g/mol. The summed E-state index contributed by atoms with van der Waals surface area (Å²) < 4.78 is 10.1. The first-order chi connectivity index (χ1) is 10.6. The van der Waals surface area contributed by atoms with E-state index in [1.54, 1.807) is 34.6 Å². The SMILES string of the molecule is C=C(C)C(=O)OCCCOC(=O)C(C(C)C)C(C(=O)O)C(C)C. The Labute approximate surface area is 137 Å². The highest BCUT2D eigenvalue weighted by molar-refractivity contribution is 5.86. The number of carbonyl (C=O) groups excluding carboxylic acids is 2. The molecule has 0 aromatic heterocycles. The second-order valence-corrected chi connectivity index (χ2v) is 6.32. The van der Waals surface area contributed by atoms with Crippen molar-refractivity contribution in [1.82, 2.24) is 0 Å². The van der Waals surface area contributed by atoms with Crippen LogP contribution in [0.5, 0.6) is 0 Å². The van der Waals surface area contributed by atoms with Gasteiger partial charge in [-0.25, -0.2) is 4.79 Å².